The average Bonchev–Trinajstić information content (AvgIpc) is 2.28. The topological polar surface area (TPSA) is 30.0 Å². The molecule has 0 fully saturated rings. The summed E-state index contributed by atoms with van der Waals surface area (Å²) in [5.41, 5.74) is 1.69. The lowest BCUT2D eigenvalue weighted by Gasteiger charge is -2.03. The first kappa shape index (κ1) is 11.7. The minimum absolute atomic E-state index is 0.0543. The molecule has 0 aliphatic heterocycles. The van der Waals surface area contributed by atoms with E-state index in [1.807, 2.05) is 0 Å². The molecule has 0 radical (unpaired) electrons. The van der Waals surface area contributed by atoms with Gasteiger partial charge in [0.15, 0.2) is 5.78 Å². The number of carbonyl (C=O) groups is 1. The molecule has 0 bridgehead atoms. The maximum atomic E-state index is 13.2. The molecule has 2 aromatic rings. The number of hydrogen-bond donors (Lipinski definition) is 0. The van der Waals surface area contributed by atoms with Gasteiger partial charge in [0.1, 0.15) is 5.82 Å². The van der Waals surface area contributed by atoms with E-state index in [2.05, 4.69) is 4.98 Å². The third-order valence-electron chi connectivity index (χ3n) is 2.33. The molecule has 1 heterocycles. The second-order valence-electron chi connectivity index (χ2n) is 3.65. The summed E-state index contributed by atoms with van der Waals surface area (Å²) in [7, 11) is 0. The van der Waals surface area contributed by atoms with Gasteiger partial charge in [-0.25, -0.2) is 4.39 Å². The standard InChI is InChI=1S/C13H9ClFNO/c1-8(17)9-2-3-13(16-7-9)10-4-11(14)6-12(15)5-10/h2-7H,1H3. The molecule has 0 saturated heterocycles. The molecule has 2 nitrogen and oxygen atoms in total. The summed E-state index contributed by atoms with van der Waals surface area (Å²) in [6, 6.07) is 7.53. The fraction of sp³-hybridized carbons (Fsp3) is 0.0769. The molecule has 0 amide bonds. The first-order valence-corrected chi connectivity index (χ1v) is 5.37. The maximum Gasteiger partial charge on any atom is 0.161 e. The summed E-state index contributed by atoms with van der Waals surface area (Å²) >= 11 is 5.76. The second-order valence-corrected chi connectivity index (χ2v) is 4.08. The van der Waals surface area contributed by atoms with Gasteiger partial charge in [-0.2, -0.15) is 0 Å². The summed E-state index contributed by atoms with van der Waals surface area (Å²) in [5, 5.41) is 0.317. The Morgan fingerprint density at radius 1 is 1.29 bits per heavy atom. The number of benzene rings is 1. The Morgan fingerprint density at radius 2 is 2.06 bits per heavy atom. The number of halogens is 2. The van der Waals surface area contributed by atoms with Crippen LogP contribution in [0.3, 0.4) is 0 Å². The monoisotopic (exact) mass is 249 g/mol. The van der Waals surface area contributed by atoms with Crippen molar-refractivity contribution in [3.8, 4) is 11.3 Å². The van der Waals surface area contributed by atoms with E-state index >= 15 is 0 Å². The normalized spacial score (nSPS) is 10.3. The summed E-state index contributed by atoms with van der Waals surface area (Å²) < 4.78 is 13.2. The highest BCUT2D eigenvalue weighted by Crippen LogP contribution is 2.22. The van der Waals surface area contributed by atoms with E-state index in [1.165, 1.54) is 25.3 Å². The smallest absolute Gasteiger partial charge is 0.161 e. The molecule has 0 unspecified atom stereocenters. The third-order valence-corrected chi connectivity index (χ3v) is 2.55. The van der Waals surface area contributed by atoms with Gasteiger partial charge >= 0.3 is 0 Å². The molecular formula is C13H9ClFNO. The molecule has 4 heteroatoms. The summed E-state index contributed by atoms with van der Waals surface area (Å²) in [5.74, 6) is -0.466. The maximum absolute atomic E-state index is 13.2. The number of hydrogen-bond acceptors (Lipinski definition) is 2. The summed E-state index contributed by atoms with van der Waals surface area (Å²) in [4.78, 5) is 15.2. The fourth-order valence-electron chi connectivity index (χ4n) is 1.47. The number of nitrogens with zero attached hydrogens (tertiary/aromatic N) is 1. The van der Waals surface area contributed by atoms with Crippen LogP contribution in [-0.4, -0.2) is 10.8 Å². The van der Waals surface area contributed by atoms with Crippen LogP contribution >= 0.6 is 11.6 Å². The van der Waals surface area contributed by atoms with Gasteiger partial charge < -0.3 is 0 Å². The van der Waals surface area contributed by atoms with Crippen LogP contribution in [0.4, 0.5) is 4.39 Å². The van der Waals surface area contributed by atoms with Crippen molar-refractivity contribution < 1.29 is 9.18 Å². The summed E-state index contributed by atoms with van der Waals surface area (Å²) in [6.07, 6.45) is 1.47. The molecular weight excluding hydrogens is 241 g/mol. The van der Waals surface area contributed by atoms with Crippen LogP contribution < -0.4 is 0 Å². The van der Waals surface area contributed by atoms with Crippen molar-refractivity contribution in [3.63, 3.8) is 0 Å². The van der Waals surface area contributed by atoms with Crippen LogP contribution in [0.15, 0.2) is 36.5 Å². The number of aromatic nitrogens is 1. The predicted octanol–water partition coefficient (Wildman–Crippen LogP) is 3.74. The van der Waals surface area contributed by atoms with Crippen molar-refractivity contribution in [2.45, 2.75) is 6.92 Å². The molecule has 0 saturated carbocycles. The lowest BCUT2D eigenvalue weighted by molar-refractivity contribution is 0.101. The molecule has 0 spiro atoms. The molecule has 2 rings (SSSR count). The van der Waals surface area contributed by atoms with Crippen LogP contribution in [0.2, 0.25) is 5.02 Å². The van der Waals surface area contributed by atoms with Gasteiger partial charge in [-0.15, -0.1) is 0 Å². The summed E-state index contributed by atoms with van der Waals surface area (Å²) in [6.45, 7) is 1.47. The molecule has 86 valence electrons. The first-order valence-electron chi connectivity index (χ1n) is 5.00. The zero-order chi connectivity index (χ0) is 12.4. The van der Waals surface area contributed by atoms with Crippen molar-refractivity contribution in [2.24, 2.45) is 0 Å². The Bertz CT molecular complexity index is 546. The molecule has 0 atom stereocenters. The van der Waals surface area contributed by atoms with Crippen LogP contribution in [0.1, 0.15) is 17.3 Å². The van der Waals surface area contributed by atoms with Gasteiger partial charge in [-0.3, -0.25) is 9.78 Å². The molecule has 0 aliphatic carbocycles. The Kier molecular flexibility index (Phi) is 3.20. The number of rotatable bonds is 2. The van der Waals surface area contributed by atoms with Crippen LogP contribution in [0.25, 0.3) is 11.3 Å². The second kappa shape index (κ2) is 4.63. The Balaban J connectivity index is 2.43. The van der Waals surface area contributed by atoms with Gasteiger partial charge in [0.2, 0.25) is 0 Å². The van der Waals surface area contributed by atoms with Gasteiger partial charge in [0, 0.05) is 22.3 Å². The Labute approximate surface area is 103 Å². The lowest BCUT2D eigenvalue weighted by atomic mass is 10.1. The van der Waals surface area contributed by atoms with Crippen LogP contribution in [-0.2, 0) is 0 Å². The molecule has 0 aliphatic rings. The van der Waals surface area contributed by atoms with Gasteiger partial charge in [-0.1, -0.05) is 11.6 Å². The number of ketones is 1. The van der Waals surface area contributed by atoms with E-state index < -0.39 is 5.82 Å². The van der Waals surface area contributed by atoms with E-state index in [-0.39, 0.29) is 5.78 Å². The Hall–Kier alpha value is -1.74. The highest BCUT2D eigenvalue weighted by molar-refractivity contribution is 6.30. The zero-order valence-corrected chi connectivity index (χ0v) is 9.83. The zero-order valence-electron chi connectivity index (χ0n) is 9.08. The van der Waals surface area contributed by atoms with Crippen LogP contribution in [0.5, 0.6) is 0 Å². The first-order chi connectivity index (χ1) is 8.06. The molecule has 0 N–H and O–H groups in total. The van der Waals surface area contributed by atoms with E-state index in [0.29, 0.717) is 21.8 Å². The van der Waals surface area contributed by atoms with Gasteiger partial charge in [0.25, 0.3) is 0 Å². The van der Waals surface area contributed by atoms with E-state index in [0.717, 1.165) is 0 Å². The molecule has 1 aromatic heterocycles. The Morgan fingerprint density at radius 3 is 2.59 bits per heavy atom. The van der Waals surface area contributed by atoms with Gasteiger partial charge in [-0.05, 0) is 37.3 Å². The van der Waals surface area contributed by atoms with Crippen molar-refractivity contribution in [1.29, 1.82) is 0 Å². The average molecular weight is 250 g/mol. The highest BCUT2D eigenvalue weighted by atomic mass is 35.5. The lowest BCUT2D eigenvalue weighted by Crippen LogP contribution is -1.93. The molecule has 17 heavy (non-hydrogen) atoms. The largest absolute Gasteiger partial charge is 0.294 e. The number of carbonyl (C=O) groups excluding carboxylic acids is 1. The van der Waals surface area contributed by atoms with Crippen molar-refractivity contribution >= 4 is 17.4 Å². The predicted molar refractivity (Wildman–Crippen MR) is 64.6 cm³/mol. The molecule has 1 aromatic carbocycles. The number of Topliss-reactive ketones (excluding diaryl/α,β-unsaturated/α-hetero) is 1. The van der Waals surface area contributed by atoms with Crippen molar-refractivity contribution in [2.75, 3.05) is 0 Å². The fourth-order valence-corrected chi connectivity index (χ4v) is 1.70. The number of pyridine rings is 1. The minimum atomic E-state index is -0.412. The quantitative estimate of drug-likeness (QED) is 0.759. The minimum Gasteiger partial charge on any atom is -0.294 e. The van der Waals surface area contributed by atoms with Crippen molar-refractivity contribution in [1.82, 2.24) is 4.98 Å². The van der Waals surface area contributed by atoms with Gasteiger partial charge in [0.05, 0.1) is 5.69 Å². The highest BCUT2D eigenvalue weighted by Gasteiger charge is 2.05. The van der Waals surface area contributed by atoms with Crippen LogP contribution in [0, 0.1) is 5.82 Å². The van der Waals surface area contributed by atoms with E-state index in [9.17, 15) is 9.18 Å². The third kappa shape index (κ3) is 2.68. The SMILES string of the molecule is CC(=O)c1ccc(-c2cc(F)cc(Cl)c2)nc1. The van der Waals surface area contributed by atoms with E-state index in [1.54, 1.807) is 18.2 Å². The van der Waals surface area contributed by atoms with E-state index in [4.69, 9.17) is 11.6 Å². The van der Waals surface area contributed by atoms with Crippen molar-refractivity contribution in [3.05, 3.63) is 52.9 Å².